The van der Waals surface area contributed by atoms with Gasteiger partial charge in [-0.05, 0) is 24.3 Å². The topological polar surface area (TPSA) is 75.6 Å². The van der Waals surface area contributed by atoms with Crippen molar-refractivity contribution >= 4 is 23.2 Å². The molecule has 2 heterocycles. The molecule has 92 valence electrons. The summed E-state index contributed by atoms with van der Waals surface area (Å²) in [6.07, 6.45) is 0.995. The molecule has 0 bridgehead atoms. The fraction of sp³-hybridized carbons (Fsp3) is 0.455. The summed E-state index contributed by atoms with van der Waals surface area (Å²) >= 11 is 1.31. The van der Waals surface area contributed by atoms with Gasteiger partial charge in [0.05, 0.1) is 0 Å². The highest BCUT2D eigenvalue weighted by Gasteiger charge is 2.29. The highest BCUT2D eigenvalue weighted by atomic mass is 32.1. The van der Waals surface area contributed by atoms with Gasteiger partial charge in [-0.1, -0.05) is 6.07 Å². The van der Waals surface area contributed by atoms with Crippen LogP contribution in [0, 0.1) is 0 Å². The minimum Gasteiger partial charge on any atom is -0.479 e. The van der Waals surface area contributed by atoms with Gasteiger partial charge in [0.2, 0.25) is 5.91 Å². The zero-order chi connectivity index (χ0) is 12.3. The number of hydrogen-bond acceptors (Lipinski definition) is 4. The van der Waals surface area contributed by atoms with Gasteiger partial charge in [-0.2, -0.15) is 0 Å². The second-order valence-corrected chi connectivity index (χ2v) is 4.78. The van der Waals surface area contributed by atoms with E-state index in [4.69, 9.17) is 9.84 Å². The van der Waals surface area contributed by atoms with Crippen LogP contribution in [0.4, 0.5) is 0 Å². The van der Waals surface area contributed by atoms with Crippen LogP contribution in [0.2, 0.25) is 0 Å². The van der Waals surface area contributed by atoms with Crippen molar-refractivity contribution in [3.63, 3.8) is 0 Å². The smallest absolute Gasteiger partial charge is 0.331 e. The van der Waals surface area contributed by atoms with E-state index in [1.807, 2.05) is 0 Å². The molecule has 1 aromatic rings. The molecule has 1 aliphatic rings. The van der Waals surface area contributed by atoms with E-state index in [1.54, 1.807) is 17.5 Å². The Kier molecular flexibility index (Phi) is 3.75. The van der Waals surface area contributed by atoms with Crippen LogP contribution in [0.1, 0.15) is 23.8 Å². The lowest BCUT2D eigenvalue weighted by atomic mass is 10.2. The van der Waals surface area contributed by atoms with Crippen LogP contribution in [0.15, 0.2) is 17.5 Å². The molecule has 0 radical (unpaired) electrons. The minimum absolute atomic E-state index is 0.344. The maximum absolute atomic E-state index is 11.8. The Bertz CT molecular complexity index is 398. The Hall–Kier alpha value is -1.40. The third kappa shape index (κ3) is 2.83. The maximum atomic E-state index is 11.8. The second-order valence-electron chi connectivity index (χ2n) is 3.80. The first-order valence-electron chi connectivity index (χ1n) is 5.36. The van der Waals surface area contributed by atoms with E-state index in [0.29, 0.717) is 17.9 Å². The van der Waals surface area contributed by atoms with Gasteiger partial charge in [-0.15, -0.1) is 11.3 Å². The van der Waals surface area contributed by atoms with Gasteiger partial charge < -0.3 is 15.2 Å². The molecule has 0 saturated carbocycles. The van der Waals surface area contributed by atoms with Crippen LogP contribution in [-0.4, -0.2) is 29.7 Å². The molecular formula is C11H13NO4S. The zero-order valence-corrected chi connectivity index (χ0v) is 9.90. The molecule has 1 amide bonds. The van der Waals surface area contributed by atoms with Gasteiger partial charge in [0, 0.05) is 11.5 Å². The SMILES string of the molecule is O=C(O)C(NC(=O)[C@@H]1CCCO1)c1cccs1. The summed E-state index contributed by atoms with van der Waals surface area (Å²) in [6, 6.07) is 2.47. The molecule has 1 aromatic heterocycles. The summed E-state index contributed by atoms with van der Waals surface area (Å²) in [4.78, 5) is 23.5. The summed E-state index contributed by atoms with van der Waals surface area (Å²) in [5.74, 6) is -1.40. The summed E-state index contributed by atoms with van der Waals surface area (Å²) < 4.78 is 5.21. The standard InChI is InChI=1S/C11H13NO4S/c13-10(7-3-1-5-16-7)12-9(11(14)15)8-4-2-6-17-8/h2,4,6-7,9H,1,3,5H2,(H,12,13)(H,14,15)/t7-,9?/m0/s1. The van der Waals surface area contributed by atoms with Gasteiger partial charge in [0.15, 0.2) is 6.04 Å². The van der Waals surface area contributed by atoms with Crippen molar-refractivity contribution in [1.29, 1.82) is 0 Å². The van der Waals surface area contributed by atoms with E-state index in [0.717, 1.165) is 6.42 Å². The van der Waals surface area contributed by atoms with Gasteiger partial charge in [-0.3, -0.25) is 4.79 Å². The predicted octanol–water partition coefficient (Wildman–Crippen LogP) is 1.17. The number of carboxylic acid groups (broad SMARTS) is 1. The number of aliphatic carboxylic acids is 1. The van der Waals surface area contributed by atoms with Crippen molar-refractivity contribution in [2.45, 2.75) is 25.0 Å². The molecule has 17 heavy (non-hydrogen) atoms. The predicted molar refractivity (Wildman–Crippen MR) is 61.8 cm³/mol. The lowest BCUT2D eigenvalue weighted by Gasteiger charge is -2.15. The first kappa shape index (κ1) is 12.1. The van der Waals surface area contributed by atoms with Crippen molar-refractivity contribution in [2.75, 3.05) is 6.61 Å². The molecular weight excluding hydrogens is 242 g/mol. The van der Waals surface area contributed by atoms with Crippen LogP contribution in [-0.2, 0) is 14.3 Å². The fourth-order valence-corrected chi connectivity index (χ4v) is 2.50. The first-order valence-corrected chi connectivity index (χ1v) is 6.24. The summed E-state index contributed by atoms with van der Waals surface area (Å²) in [5, 5.41) is 13.4. The number of hydrogen-bond donors (Lipinski definition) is 2. The number of ether oxygens (including phenoxy) is 1. The molecule has 1 unspecified atom stereocenters. The second kappa shape index (κ2) is 5.29. The molecule has 1 aliphatic heterocycles. The van der Waals surface area contributed by atoms with Crippen molar-refractivity contribution < 1.29 is 19.4 Å². The number of rotatable bonds is 4. The monoisotopic (exact) mass is 255 g/mol. The molecule has 6 heteroatoms. The summed E-state index contributed by atoms with van der Waals surface area (Å²) in [7, 11) is 0. The third-order valence-corrected chi connectivity index (χ3v) is 3.52. The number of carboxylic acids is 1. The van der Waals surface area contributed by atoms with E-state index in [-0.39, 0.29) is 5.91 Å². The Balaban J connectivity index is 2.03. The number of carbonyl (C=O) groups is 2. The lowest BCUT2D eigenvalue weighted by molar-refractivity contribution is -0.143. The normalized spacial score (nSPS) is 21.1. The van der Waals surface area contributed by atoms with Gasteiger partial charge >= 0.3 is 5.97 Å². The molecule has 1 fully saturated rings. The number of thiophene rings is 1. The average molecular weight is 255 g/mol. The van der Waals surface area contributed by atoms with Crippen molar-refractivity contribution in [2.24, 2.45) is 0 Å². The Morgan fingerprint density at radius 2 is 2.41 bits per heavy atom. The minimum atomic E-state index is -1.06. The van der Waals surface area contributed by atoms with E-state index in [2.05, 4.69) is 5.32 Å². The molecule has 1 saturated heterocycles. The molecule has 0 spiro atoms. The fourth-order valence-electron chi connectivity index (χ4n) is 1.73. The van der Waals surface area contributed by atoms with Gasteiger partial charge in [-0.25, -0.2) is 4.79 Å². The molecule has 5 nitrogen and oxygen atoms in total. The highest BCUT2D eigenvalue weighted by Crippen LogP contribution is 2.20. The van der Waals surface area contributed by atoms with Crippen molar-refractivity contribution in [1.82, 2.24) is 5.32 Å². The highest BCUT2D eigenvalue weighted by molar-refractivity contribution is 7.10. The number of carbonyl (C=O) groups excluding carboxylic acids is 1. The average Bonchev–Trinajstić information content (AvgIpc) is 2.97. The lowest BCUT2D eigenvalue weighted by Crippen LogP contribution is -2.39. The first-order chi connectivity index (χ1) is 8.18. The van der Waals surface area contributed by atoms with Crippen LogP contribution in [0.25, 0.3) is 0 Å². The van der Waals surface area contributed by atoms with Crippen LogP contribution >= 0.6 is 11.3 Å². The van der Waals surface area contributed by atoms with E-state index >= 15 is 0 Å². The molecule has 2 rings (SSSR count). The Labute approximate surface area is 102 Å². The molecule has 0 aliphatic carbocycles. The van der Waals surface area contributed by atoms with Crippen LogP contribution < -0.4 is 5.32 Å². The largest absolute Gasteiger partial charge is 0.479 e. The van der Waals surface area contributed by atoms with Crippen LogP contribution in [0.3, 0.4) is 0 Å². The van der Waals surface area contributed by atoms with Crippen molar-refractivity contribution in [3.8, 4) is 0 Å². The van der Waals surface area contributed by atoms with E-state index in [1.165, 1.54) is 11.3 Å². The summed E-state index contributed by atoms with van der Waals surface area (Å²) in [5.41, 5.74) is 0. The summed E-state index contributed by atoms with van der Waals surface area (Å²) in [6.45, 7) is 0.564. The zero-order valence-electron chi connectivity index (χ0n) is 9.09. The molecule has 2 N–H and O–H groups in total. The Morgan fingerprint density at radius 3 is 2.94 bits per heavy atom. The maximum Gasteiger partial charge on any atom is 0.331 e. The third-order valence-electron chi connectivity index (χ3n) is 2.58. The molecule has 2 atom stereocenters. The number of nitrogens with one attached hydrogen (secondary N) is 1. The molecule has 0 aromatic carbocycles. The van der Waals surface area contributed by atoms with Gasteiger partial charge in [0.25, 0.3) is 0 Å². The van der Waals surface area contributed by atoms with E-state index < -0.39 is 18.1 Å². The van der Waals surface area contributed by atoms with Crippen LogP contribution in [0.5, 0.6) is 0 Å². The van der Waals surface area contributed by atoms with E-state index in [9.17, 15) is 9.59 Å². The quantitative estimate of drug-likeness (QED) is 0.846. The van der Waals surface area contributed by atoms with Gasteiger partial charge in [0.1, 0.15) is 6.10 Å². The van der Waals surface area contributed by atoms with Crippen molar-refractivity contribution in [3.05, 3.63) is 22.4 Å². The Morgan fingerprint density at radius 1 is 1.59 bits per heavy atom. The number of amides is 1.